The molecule has 0 saturated carbocycles. The van der Waals surface area contributed by atoms with Crippen molar-refractivity contribution in [2.24, 2.45) is 0 Å². The van der Waals surface area contributed by atoms with Crippen LogP contribution in [0.4, 0.5) is 5.69 Å². The number of pyridine rings is 1. The molecule has 2 nitrogen and oxygen atoms in total. The van der Waals surface area contributed by atoms with Crippen LogP contribution in [0.25, 0.3) is 11.3 Å². The number of hydrogen-bond acceptors (Lipinski definition) is 2. The summed E-state index contributed by atoms with van der Waals surface area (Å²) in [5.74, 6) is 0. The lowest BCUT2D eigenvalue weighted by Gasteiger charge is -2.06. The predicted molar refractivity (Wildman–Crippen MR) is 68.2 cm³/mol. The molecule has 2 aromatic rings. The fourth-order valence-corrected chi connectivity index (χ4v) is 1.76. The molecule has 0 spiro atoms. The Morgan fingerprint density at radius 2 is 1.88 bits per heavy atom. The molecule has 2 rings (SSSR count). The van der Waals surface area contributed by atoms with Crippen LogP contribution in [0.15, 0.2) is 36.5 Å². The highest BCUT2D eigenvalue weighted by molar-refractivity contribution is 5.62. The van der Waals surface area contributed by atoms with Crippen LogP contribution in [0.1, 0.15) is 18.1 Å². The standard InChI is InChI=1S/C14H16N2/c1-3-11-8-14(16-9-10(11)2)12-4-6-13(15)7-5-12/h4-9H,3,15H2,1-2H3. The van der Waals surface area contributed by atoms with Gasteiger partial charge in [0.15, 0.2) is 0 Å². The second-order valence-corrected chi connectivity index (χ2v) is 3.97. The Balaban J connectivity index is 2.44. The number of hydrogen-bond donors (Lipinski definition) is 1. The van der Waals surface area contributed by atoms with Crippen LogP contribution in [-0.4, -0.2) is 4.98 Å². The fraction of sp³-hybridized carbons (Fsp3) is 0.214. The average Bonchev–Trinajstić information content (AvgIpc) is 2.31. The lowest BCUT2D eigenvalue weighted by molar-refractivity contribution is 1.08. The van der Waals surface area contributed by atoms with Gasteiger partial charge < -0.3 is 5.73 Å². The third-order valence-electron chi connectivity index (χ3n) is 2.80. The highest BCUT2D eigenvalue weighted by Crippen LogP contribution is 2.21. The number of rotatable bonds is 2. The third-order valence-corrected chi connectivity index (χ3v) is 2.80. The minimum absolute atomic E-state index is 0.784. The molecule has 16 heavy (non-hydrogen) atoms. The molecule has 0 fully saturated rings. The van der Waals surface area contributed by atoms with Gasteiger partial charge in [-0.1, -0.05) is 19.1 Å². The molecule has 0 amide bonds. The molecule has 82 valence electrons. The van der Waals surface area contributed by atoms with Gasteiger partial charge in [0, 0.05) is 17.4 Å². The maximum atomic E-state index is 5.66. The Bertz CT molecular complexity index is 487. The maximum absolute atomic E-state index is 5.66. The van der Waals surface area contributed by atoms with Crippen molar-refractivity contribution in [3.8, 4) is 11.3 Å². The number of aromatic nitrogens is 1. The van der Waals surface area contributed by atoms with Crippen molar-refractivity contribution in [3.63, 3.8) is 0 Å². The van der Waals surface area contributed by atoms with Crippen LogP contribution < -0.4 is 5.73 Å². The summed E-state index contributed by atoms with van der Waals surface area (Å²) in [4.78, 5) is 4.45. The van der Waals surface area contributed by atoms with Gasteiger partial charge in [0.1, 0.15) is 0 Å². The highest BCUT2D eigenvalue weighted by atomic mass is 14.7. The van der Waals surface area contributed by atoms with Crippen LogP contribution in [0, 0.1) is 6.92 Å². The molecule has 2 N–H and O–H groups in total. The largest absolute Gasteiger partial charge is 0.399 e. The van der Waals surface area contributed by atoms with Gasteiger partial charge in [0.25, 0.3) is 0 Å². The zero-order valence-electron chi connectivity index (χ0n) is 9.70. The maximum Gasteiger partial charge on any atom is 0.0704 e. The van der Waals surface area contributed by atoms with E-state index in [0.717, 1.165) is 23.4 Å². The van der Waals surface area contributed by atoms with Crippen LogP contribution in [0.3, 0.4) is 0 Å². The molecule has 0 unspecified atom stereocenters. The average molecular weight is 212 g/mol. The summed E-state index contributed by atoms with van der Waals surface area (Å²) in [5.41, 5.74) is 11.2. The number of nitrogens with two attached hydrogens (primary N) is 1. The van der Waals surface area contributed by atoms with Crippen LogP contribution in [-0.2, 0) is 6.42 Å². The Hall–Kier alpha value is -1.83. The number of benzene rings is 1. The predicted octanol–water partition coefficient (Wildman–Crippen LogP) is 3.20. The number of aryl methyl sites for hydroxylation is 2. The van der Waals surface area contributed by atoms with Gasteiger partial charge in [-0.25, -0.2) is 0 Å². The smallest absolute Gasteiger partial charge is 0.0704 e. The van der Waals surface area contributed by atoms with Crippen molar-refractivity contribution in [1.29, 1.82) is 0 Å². The summed E-state index contributed by atoms with van der Waals surface area (Å²) in [6, 6.07) is 9.98. The van der Waals surface area contributed by atoms with Crippen LogP contribution in [0.5, 0.6) is 0 Å². The zero-order chi connectivity index (χ0) is 11.5. The van der Waals surface area contributed by atoms with Crippen molar-refractivity contribution in [3.05, 3.63) is 47.7 Å². The molecule has 0 saturated heterocycles. The first-order valence-corrected chi connectivity index (χ1v) is 5.52. The van der Waals surface area contributed by atoms with E-state index >= 15 is 0 Å². The Kier molecular flexibility index (Phi) is 2.91. The van der Waals surface area contributed by atoms with E-state index < -0.39 is 0 Å². The zero-order valence-corrected chi connectivity index (χ0v) is 9.70. The number of nitrogens with zero attached hydrogens (tertiary/aromatic N) is 1. The number of anilines is 1. The van der Waals surface area contributed by atoms with Gasteiger partial charge in [-0.05, 0) is 42.7 Å². The quantitative estimate of drug-likeness (QED) is 0.776. The molecule has 0 radical (unpaired) electrons. The van der Waals surface area contributed by atoms with E-state index in [-0.39, 0.29) is 0 Å². The first-order valence-electron chi connectivity index (χ1n) is 5.52. The van der Waals surface area contributed by atoms with Gasteiger partial charge in [-0.3, -0.25) is 4.98 Å². The molecule has 0 aliphatic heterocycles. The monoisotopic (exact) mass is 212 g/mol. The van der Waals surface area contributed by atoms with E-state index in [0.29, 0.717) is 0 Å². The molecule has 1 aromatic heterocycles. The van der Waals surface area contributed by atoms with E-state index in [2.05, 4.69) is 24.9 Å². The molecule has 0 bridgehead atoms. The fourth-order valence-electron chi connectivity index (χ4n) is 1.76. The van der Waals surface area contributed by atoms with Crippen molar-refractivity contribution in [2.75, 3.05) is 5.73 Å². The Morgan fingerprint density at radius 3 is 2.50 bits per heavy atom. The van der Waals surface area contributed by atoms with Crippen LogP contribution >= 0.6 is 0 Å². The lowest BCUT2D eigenvalue weighted by Crippen LogP contribution is -1.92. The molecular weight excluding hydrogens is 196 g/mol. The second-order valence-electron chi connectivity index (χ2n) is 3.97. The molecule has 0 aliphatic rings. The van der Waals surface area contributed by atoms with Gasteiger partial charge in [0.2, 0.25) is 0 Å². The van der Waals surface area contributed by atoms with Gasteiger partial charge >= 0.3 is 0 Å². The minimum Gasteiger partial charge on any atom is -0.399 e. The summed E-state index contributed by atoms with van der Waals surface area (Å²) < 4.78 is 0. The molecular formula is C14H16N2. The van der Waals surface area contributed by atoms with Gasteiger partial charge in [-0.2, -0.15) is 0 Å². The molecule has 0 aliphatic carbocycles. The summed E-state index contributed by atoms with van der Waals surface area (Å²) in [7, 11) is 0. The van der Waals surface area contributed by atoms with Crippen molar-refractivity contribution in [2.45, 2.75) is 20.3 Å². The van der Waals surface area contributed by atoms with E-state index in [1.165, 1.54) is 11.1 Å². The molecule has 2 heteroatoms. The summed E-state index contributed by atoms with van der Waals surface area (Å²) in [5, 5.41) is 0. The van der Waals surface area contributed by atoms with E-state index in [1.807, 2.05) is 30.5 Å². The highest BCUT2D eigenvalue weighted by Gasteiger charge is 2.02. The number of nitrogen functional groups attached to an aromatic ring is 1. The van der Waals surface area contributed by atoms with Crippen LogP contribution in [0.2, 0.25) is 0 Å². The van der Waals surface area contributed by atoms with Crippen molar-refractivity contribution in [1.82, 2.24) is 4.98 Å². The summed E-state index contributed by atoms with van der Waals surface area (Å²) >= 11 is 0. The third kappa shape index (κ3) is 2.06. The molecule has 1 aromatic carbocycles. The van der Waals surface area contributed by atoms with Crippen molar-refractivity contribution < 1.29 is 0 Å². The first kappa shape index (κ1) is 10.7. The normalized spacial score (nSPS) is 10.4. The first-order chi connectivity index (χ1) is 7.70. The Labute approximate surface area is 96.1 Å². The summed E-state index contributed by atoms with van der Waals surface area (Å²) in [6.07, 6.45) is 2.97. The Morgan fingerprint density at radius 1 is 1.19 bits per heavy atom. The van der Waals surface area contributed by atoms with Crippen molar-refractivity contribution >= 4 is 5.69 Å². The topological polar surface area (TPSA) is 38.9 Å². The van der Waals surface area contributed by atoms with Gasteiger partial charge in [0.05, 0.1) is 5.69 Å². The van der Waals surface area contributed by atoms with E-state index in [4.69, 9.17) is 5.73 Å². The minimum atomic E-state index is 0.784. The lowest BCUT2D eigenvalue weighted by atomic mass is 10.0. The second kappa shape index (κ2) is 4.35. The van der Waals surface area contributed by atoms with E-state index in [9.17, 15) is 0 Å². The molecule has 0 atom stereocenters. The van der Waals surface area contributed by atoms with Gasteiger partial charge in [-0.15, -0.1) is 0 Å². The van der Waals surface area contributed by atoms with E-state index in [1.54, 1.807) is 0 Å². The SMILES string of the molecule is CCc1cc(-c2ccc(N)cc2)ncc1C. The summed E-state index contributed by atoms with van der Waals surface area (Å²) in [6.45, 7) is 4.26. The molecule has 1 heterocycles.